The van der Waals surface area contributed by atoms with Crippen molar-refractivity contribution in [3.8, 4) is 11.4 Å². The molecular formula is C16H13Cl2N5O. The van der Waals surface area contributed by atoms with Gasteiger partial charge in [-0.05, 0) is 23.8 Å². The van der Waals surface area contributed by atoms with Crippen LogP contribution < -0.4 is 16.5 Å². The first kappa shape index (κ1) is 16.4. The van der Waals surface area contributed by atoms with E-state index < -0.39 is 5.69 Å². The third-order valence-corrected chi connectivity index (χ3v) is 4.02. The van der Waals surface area contributed by atoms with Crippen LogP contribution in [0.5, 0.6) is 0 Å². The summed E-state index contributed by atoms with van der Waals surface area (Å²) >= 11 is 11.9. The number of hydrazine groups is 1. The predicted octanol–water partition coefficient (Wildman–Crippen LogP) is 3.02. The lowest BCUT2D eigenvalue weighted by atomic mass is 10.2. The fraction of sp³-hybridized carbons (Fsp3) is 0.0625. The molecule has 24 heavy (non-hydrogen) atoms. The number of nitrogens with two attached hydrogens (primary N) is 1. The fourth-order valence-electron chi connectivity index (χ4n) is 2.13. The molecule has 0 amide bonds. The highest BCUT2D eigenvalue weighted by atomic mass is 35.5. The number of benzene rings is 2. The van der Waals surface area contributed by atoms with Gasteiger partial charge in [0, 0.05) is 5.56 Å². The summed E-state index contributed by atoms with van der Waals surface area (Å²) in [4.78, 5) is 22.5. The summed E-state index contributed by atoms with van der Waals surface area (Å²) in [6.45, 7) is 0.366. The zero-order valence-electron chi connectivity index (χ0n) is 12.4. The molecule has 0 saturated carbocycles. The number of nitrogens with zero attached hydrogens (tertiary/aromatic N) is 3. The molecule has 0 atom stereocenters. The zero-order valence-corrected chi connectivity index (χ0v) is 13.9. The van der Waals surface area contributed by atoms with Crippen LogP contribution in [-0.4, -0.2) is 15.0 Å². The molecule has 3 rings (SSSR count). The largest absolute Gasteiger partial charge is 0.349 e. The lowest BCUT2D eigenvalue weighted by Crippen LogP contribution is -2.34. The number of anilines is 1. The van der Waals surface area contributed by atoms with Crippen molar-refractivity contribution in [1.29, 1.82) is 0 Å². The molecule has 3 aromatic rings. The normalized spacial score (nSPS) is 10.6. The van der Waals surface area contributed by atoms with Gasteiger partial charge < -0.3 is 0 Å². The molecule has 0 radical (unpaired) electrons. The van der Waals surface area contributed by atoms with Gasteiger partial charge in [-0.25, -0.2) is 10.6 Å². The molecule has 1 aromatic heterocycles. The molecule has 0 saturated heterocycles. The molecule has 0 spiro atoms. The number of hydrogen-bond acceptors (Lipinski definition) is 5. The van der Waals surface area contributed by atoms with Gasteiger partial charge in [0.2, 0.25) is 5.95 Å². The Morgan fingerprint density at radius 3 is 2.50 bits per heavy atom. The fourth-order valence-corrected chi connectivity index (χ4v) is 2.43. The number of halogens is 2. The second-order valence-corrected chi connectivity index (χ2v) is 5.86. The van der Waals surface area contributed by atoms with Crippen LogP contribution in [0.2, 0.25) is 10.0 Å². The Hall–Kier alpha value is -2.41. The molecule has 1 heterocycles. The minimum Gasteiger partial charge on any atom is -0.290 e. The predicted molar refractivity (Wildman–Crippen MR) is 94.9 cm³/mol. The quantitative estimate of drug-likeness (QED) is 0.550. The molecule has 8 heteroatoms. The van der Waals surface area contributed by atoms with Gasteiger partial charge in [0.1, 0.15) is 5.82 Å². The van der Waals surface area contributed by atoms with E-state index in [0.717, 1.165) is 5.56 Å². The standard InChI is InChI=1S/C16H13Cl2N5O/c17-12-7-6-11(8-13(12)18)14-20-15(22-16(24)21-14)23(19)9-10-4-2-1-3-5-10/h1-8H,9,19H2,(H,20,21,22,24). The highest BCUT2D eigenvalue weighted by Crippen LogP contribution is 2.26. The smallest absolute Gasteiger partial charge is 0.290 e. The van der Waals surface area contributed by atoms with Gasteiger partial charge in [-0.2, -0.15) is 9.97 Å². The summed E-state index contributed by atoms with van der Waals surface area (Å²) in [5.41, 5.74) is 1.03. The molecule has 0 aliphatic heterocycles. The van der Waals surface area contributed by atoms with Gasteiger partial charge in [0.25, 0.3) is 0 Å². The van der Waals surface area contributed by atoms with Crippen molar-refractivity contribution in [3.63, 3.8) is 0 Å². The number of aromatic nitrogens is 3. The Kier molecular flexibility index (Phi) is 4.80. The maximum Gasteiger partial charge on any atom is 0.349 e. The third-order valence-electron chi connectivity index (χ3n) is 3.28. The van der Waals surface area contributed by atoms with Gasteiger partial charge in [-0.15, -0.1) is 0 Å². The van der Waals surface area contributed by atoms with Crippen molar-refractivity contribution in [3.05, 3.63) is 74.6 Å². The van der Waals surface area contributed by atoms with Crippen LogP contribution in [0.3, 0.4) is 0 Å². The Bertz CT molecular complexity index is 914. The Balaban J connectivity index is 1.93. The van der Waals surface area contributed by atoms with Crippen LogP contribution in [0.1, 0.15) is 5.56 Å². The van der Waals surface area contributed by atoms with Crippen molar-refractivity contribution < 1.29 is 0 Å². The van der Waals surface area contributed by atoms with Gasteiger partial charge in [0.05, 0.1) is 16.6 Å². The molecule has 0 bridgehead atoms. The van der Waals surface area contributed by atoms with Crippen LogP contribution >= 0.6 is 23.2 Å². The Labute approximate surface area is 147 Å². The Morgan fingerprint density at radius 1 is 1.04 bits per heavy atom. The number of aromatic amines is 1. The number of nitrogens with one attached hydrogen (secondary N) is 1. The van der Waals surface area contributed by atoms with E-state index in [4.69, 9.17) is 29.0 Å². The topological polar surface area (TPSA) is 87.9 Å². The third kappa shape index (κ3) is 3.73. The zero-order chi connectivity index (χ0) is 17.1. The lowest BCUT2D eigenvalue weighted by molar-refractivity contribution is 0.791. The van der Waals surface area contributed by atoms with Crippen molar-refractivity contribution >= 4 is 29.2 Å². The van der Waals surface area contributed by atoms with E-state index in [9.17, 15) is 4.79 Å². The minimum absolute atomic E-state index is 0.115. The molecule has 0 fully saturated rings. The summed E-state index contributed by atoms with van der Waals surface area (Å²) in [6, 6.07) is 14.5. The summed E-state index contributed by atoms with van der Waals surface area (Å²) in [5, 5.41) is 2.09. The van der Waals surface area contributed by atoms with Gasteiger partial charge in [-0.1, -0.05) is 53.5 Å². The first-order chi connectivity index (χ1) is 11.5. The van der Waals surface area contributed by atoms with E-state index in [-0.39, 0.29) is 5.95 Å². The van der Waals surface area contributed by atoms with E-state index in [0.29, 0.717) is 28.0 Å². The summed E-state index contributed by atoms with van der Waals surface area (Å²) in [5.74, 6) is 6.43. The monoisotopic (exact) mass is 361 g/mol. The van der Waals surface area contributed by atoms with E-state index in [1.807, 2.05) is 30.3 Å². The van der Waals surface area contributed by atoms with Crippen LogP contribution in [0, 0.1) is 0 Å². The average Bonchev–Trinajstić information content (AvgIpc) is 2.57. The van der Waals surface area contributed by atoms with Crippen LogP contribution in [0.4, 0.5) is 5.95 Å². The van der Waals surface area contributed by atoms with Crippen molar-refractivity contribution in [2.45, 2.75) is 6.54 Å². The maximum absolute atomic E-state index is 11.8. The highest BCUT2D eigenvalue weighted by molar-refractivity contribution is 6.42. The van der Waals surface area contributed by atoms with E-state index in [1.165, 1.54) is 5.01 Å². The number of hydrogen-bond donors (Lipinski definition) is 2. The van der Waals surface area contributed by atoms with Crippen molar-refractivity contribution in [2.75, 3.05) is 5.01 Å². The highest BCUT2D eigenvalue weighted by Gasteiger charge is 2.11. The van der Waals surface area contributed by atoms with Crippen LogP contribution in [0.25, 0.3) is 11.4 Å². The number of H-pyrrole nitrogens is 1. The maximum atomic E-state index is 11.8. The van der Waals surface area contributed by atoms with Gasteiger partial charge in [-0.3, -0.25) is 9.99 Å². The molecule has 0 unspecified atom stereocenters. The van der Waals surface area contributed by atoms with Gasteiger partial charge in [0.15, 0.2) is 0 Å². The summed E-state index contributed by atoms with van der Waals surface area (Å²) in [7, 11) is 0. The summed E-state index contributed by atoms with van der Waals surface area (Å²) < 4.78 is 0. The average molecular weight is 362 g/mol. The molecule has 2 aromatic carbocycles. The molecule has 0 aliphatic carbocycles. The van der Waals surface area contributed by atoms with E-state index in [2.05, 4.69) is 15.0 Å². The lowest BCUT2D eigenvalue weighted by Gasteiger charge is -2.16. The SMILES string of the molecule is NN(Cc1ccccc1)c1nc(-c2ccc(Cl)c(Cl)c2)[nH]c(=O)n1. The van der Waals surface area contributed by atoms with Crippen LogP contribution in [0.15, 0.2) is 53.3 Å². The second kappa shape index (κ2) is 7.00. The van der Waals surface area contributed by atoms with Crippen molar-refractivity contribution in [1.82, 2.24) is 15.0 Å². The second-order valence-electron chi connectivity index (χ2n) is 5.04. The van der Waals surface area contributed by atoms with Gasteiger partial charge >= 0.3 is 5.69 Å². The Morgan fingerprint density at radius 2 is 1.79 bits per heavy atom. The first-order valence-corrected chi connectivity index (χ1v) is 7.78. The van der Waals surface area contributed by atoms with Crippen molar-refractivity contribution in [2.24, 2.45) is 5.84 Å². The molecule has 122 valence electrons. The summed E-state index contributed by atoms with van der Waals surface area (Å²) in [6.07, 6.45) is 0. The van der Waals surface area contributed by atoms with E-state index in [1.54, 1.807) is 18.2 Å². The van der Waals surface area contributed by atoms with E-state index >= 15 is 0 Å². The molecule has 0 aliphatic rings. The molecular weight excluding hydrogens is 349 g/mol. The minimum atomic E-state index is -0.551. The first-order valence-electron chi connectivity index (χ1n) is 7.03. The van der Waals surface area contributed by atoms with Crippen LogP contribution in [-0.2, 0) is 6.54 Å². The molecule has 6 nitrogen and oxygen atoms in total. The molecule has 3 N–H and O–H groups in total. The number of rotatable bonds is 4.